The number of hydrogen-bond donors (Lipinski definition) is 2. The number of carbonyl (C=O) groups excluding carboxylic acids is 1. The van der Waals surface area contributed by atoms with Crippen molar-refractivity contribution in [3.63, 3.8) is 0 Å². The quantitative estimate of drug-likeness (QED) is 0.890. The van der Waals surface area contributed by atoms with Gasteiger partial charge in [-0.15, -0.1) is 0 Å². The molecular weight excluding hydrogens is 248 g/mol. The molecule has 1 atom stereocenters. The Morgan fingerprint density at radius 1 is 1.10 bits per heavy atom. The molecule has 3 N–H and O–H groups in total. The van der Waals surface area contributed by atoms with Gasteiger partial charge in [0, 0.05) is 17.3 Å². The average Bonchev–Trinajstić information content (AvgIpc) is 2.39. The Hall–Kier alpha value is -2.29. The Labute approximate surface area is 119 Å². The number of carbonyl (C=O) groups is 1. The molecule has 0 saturated carbocycles. The lowest BCUT2D eigenvalue weighted by atomic mass is 10.00. The molecule has 0 radical (unpaired) electrons. The van der Waals surface area contributed by atoms with Crippen molar-refractivity contribution in [2.45, 2.75) is 26.8 Å². The molecule has 0 aromatic heterocycles. The van der Waals surface area contributed by atoms with Gasteiger partial charge in [0.15, 0.2) is 0 Å². The molecule has 0 spiro atoms. The summed E-state index contributed by atoms with van der Waals surface area (Å²) in [6, 6.07) is 13.9. The third kappa shape index (κ3) is 3.18. The first-order valence-electron chi connectivity index (χ1n) is 6.71. The van der Waals surface area contributed by atoms with Crippen molar-refractivity contribution in [1.82, 2.24) is 0 Å². The number of nitrogens with one attached hydrogen (secondary N) is 1. The number of anilines is 1. The van der Waals surface area contributed by atoms with Crippen LogP contribution in [0.2, 0.25) is 0 Å². The van der Waals surface area contributed by atoms with E-state index >= 15 is 0 Å². The van der Waals surface area contributed by atoms with Gasteiger partial charge in [0.05, 0.1) is 0 Å². The van der Waals surface area contributed by atoms with E-state index in [1.54, 1.807) is 12.1 Å². The van der Waals surface area contributed by atoms with Crippen LogP contribution in [0.5, 0.6) is 0 Å². The highest BCUT2D eigenvalue weighted by Crippen LogP contribution is 2.23. The van der Waals surface area contributed by atoms with Crippen LogP contribution >= 0.6 is 0 Å². The molecule has 0 saturated heterocycles. The standard InChI is InChI=1S/C17H20N2O/c1-11-4-9-16(12(2)10-11)13(3)19-15-7-5-14(6-8-15)17(18)20/h4-10,13,19H,1-3H3,(H2,18,20). The SMILES string of the molecule is Cc1ccc(C(C)Nc2ccc(C(N)=O)cc2)c(C)c1. The van der Waals surface area contributed by atoms with E-state index in [4.69, 9.17) is 5.73 Å². The zero-order valence-corrected chi connectivity index (χ0v) is 12.1. The van der Waals surface area contributed by atoms with E-state index in [0.29, 0.717) is 5.56 Å². The Bertz CT molecular complexity index is 617. The van der Waals surface area contributed by atoms with Gasteiger partial charge < -0.3 is 11.1 Å². The molecule has 1 amide bonds. The molecule has 2 aromatic rings. The normalized spacial score (nSPS) is 11.9. The summed E-state index contributed by atoms with van der Waals surface area (Å²) in [7, 11) is 0. The summed E-state index contributed by atoms with van der Waals surface area (Å²) in [6.07, 6.45) is 0. The first kappa shape index (κ1) is 14.1. The van der Waals surface area contributed by atoms with E-state index in [9.17, 15) is 4.79 Å². The van der Waals surface area contributed by atoms with Gasteiger partial charge in [-0.3, -0.25) is 4.79 Å². The number of hydrogen-bond acceptors (Lipinski definition) is 2. The molecule has 0 aliphatic heterocycles. The molecule has 2 aromatic carbocycles. The van der Waals surface area contributed by atoms with Gasteiger partial charge in [-0.1, -0.05) is 23.8 Å². The zero-order chi connectivity index (χ0) is 14.7. The predicted octanol–water partition coefficient (Wildman–Crippen LogP) is 3.58. The fraction of sp³-hybridized carbons (Fsp3) is 0.235. The zero-order valence-electron chi connectivity index (χ0n) is 12.1. The summed E-state index contributed by atoms with van der Waals surface area (Å²) in [5.41, 5.74) is 10.5. The van der Waals surface area contributed by atoms with Gasteiger partial charge >= 0.3 is 0 Å². The van der Waals surface area contributed by atoms with Crippen molar-refractivity contribution in [3.05, 3.63) is 64.7 Å². The van der Waals surface area contributed by atoms with Gasteiger partial charge in [0.1, 0.15) is 0 Å². The van der Waals surface area contributed by atoms with Crippen LogP contribution in [0.3, 0.4) is 0 Å². The molecule has 104 valence electrons. The minimum atomic E-state index is -0.404. The molecule has 20 heavy (non-hydrogen) atoms. The van der Waals surface area contributed by atoms with E-state index in [0.717, 1.165) is 5.69 Å². The maximum Gasteiger partial charge on any atom is 0.248 e. The molecule has 3 nitrogen and oxygen atoms in total. The lowest BCUT2D eigenvalue weighted by Crippen LogP contribution is -2.11. The summed E-state index contributed by atoms with van der Waals surface area (Å²) < 4.78 is 0. The first-order chi connectivity index (χ1) is 9.47. The minimum Gasteiger partial charge on any atom is -0.379 e. The second kappa shape index (κ2) is 5.78. The van der Waals surface area contributed by atoms with Crippen LogP contribution in [-0.2, 0) is 0 Å². The summed E-state index contributed by atoms with van der Waals surface area (Å²) in [5, 5.41) is 3.43. The van der Waals surface area contributed by atoms with Crippen LogP contribution in [0, 0.1) is 13.8 Å². The molecule has 1 unspecified atom stereocenters. The molecule has 2 rings (SSSR count). The monoisotopic (exact) mass is 268 g/mol. The van der Waals surface area contributed by atoms with Crippen molar-refractivity contribution < 1.29 is 4.79 Å². The van der Waals surface area contributed by atoms with Gasteiger partial charge in [-0.25, -0.2) is 0 Å². The number of amides is 1. The van der Waals surface area contributed by atoms with Crippen LogP contribution in [-0.4, -0.2) is 5.91 Å². The molecule has 0 bridgehead atoms. The Balaban J connectivity index is 2.14. The molecule has 0 aliphatic carbocycles. The van der Waals surface area contributed by atoms with Gasteiger partial charge in [-0.05, 0) is 56.2 Å². The van der Waals surface area contributed by atoms with Crippen molar-refractivity contribution in [3.8, 4) is 0 Å². The molecule has 3 heteroatoms. The van der Waals surface area contributed by atoms with Crippen LogP contribution in [0.15, 0.2) is 42.5 Å². The minimum absolute atomic E-state index is 0.204. The second-order valence-corrected chi connectivity index (χ2v) is 5.17. The smallest absolute Gasteiger partial charge is 0.248 e. The lowest BCUT2D eigenvalue weighted by Gasteiger charge is -2.18. The highest BCUT2D eigenvalue weighted by Gasteiger charge is 2.08. The highest BCUT2D eigenvalue weighted by molar-refractivity contribution is 5.93. The number of primary amides is 1. The van der Waals surface area contributed by atoms with E-state index < -0.39 is 5.91 Å². The van der Waals surface area contributed by atoms with E-state index in [1.165, 1.54) is 16.7 Å². The van der Waals surface area contributed by atoms with E-state index in [1.807, 2.05) is 12.1 Å². The summed E-state index contributed by atoms with van der Waals surface area (Å²) in [6.45, 7) is 6.34. The highest BCUT2D eigenvalue weighted by atomic mass is 16.1. The Morgan fingerprint density at radius 2 is 1.75 bits per heavy atom. The summed E-state index contributed by atoms with van der Waals surface area (Å²) in [5.74, 6) is -0.404. The molecule has 0 fully saturated rings. The van der Waals surface area contributed by atoms with Gasteiger partial charge in [0.25, 0.3) is 0 Å². The van der Waals surface area contributed by atoms with Crippen LogP contribution in [0.1, 0.15) is 40.0 Å². The van der Waals surface area contributed by atoms with Crippen molar-refractivity contribution in [2.24, 2.45) is 5.73 Å². The van der Waals surface area contributed by atoms with E-state index in [-0.39, 0.29) is 6.04 Å². The molecular formula is C17H20N2O. The van der Waals surface area contributed by atoms with Crippen molar-refractivity contribution in [2.75, 3.05) is 5.32 Å². The van der Waals surface area contributed by atoms with E-state index in [2.05, 4.69) is 44.3 Å². The third-order valence-corrected chi connectivity index (χ3v) is 3.44. The Kier molecular flexibility index (Phi) is 4.08. The van der Waals surface area contributed by atoms with Gasteiger partial charge in [0.2, 0.25) is 5.91 Å². The van der Waals surface area contributed by atoms with Crippen LogP contribution in [0.25, 0.3) is 0 Å². The van der Waals surface area contributed by atoms with Crippen molar-refractivity contribution in [1.29, 1.82) is 0 Å². The molecule has 0 heterocycles. The van der Waals surface area contributed by atoms with Gasteiger partial charge in [-0.2, -0.15) is 0 Å². The number of aryl methyl sites for hydroxylation is 2. The first-order valence-corrected chi connectivity index (χ1v) is 6.71. The third-order valence-electron chi connectivity index (χ3n) is 3.44. The topological polar surface area (TPSA) is 55.1 Å². The summed E-state index contributed by atoms with van der Waals surface area (Å²) in [4.78, 5) is 11.0. The summed E-state index contributed by atoms with van der Waals surface area (Å²) >= 11 is 0. The lowest BCUT2D eigenvalue weighted by molar-refractivity contribution is 0.100. The predicted molar refractivity (Wildman–Crippen MR) is 82.9 cm³/mol. The van der Waals surface area contributed by atoms with Crippen molar-refractivity contribution >= 4 is 11.6 Å². The number of rotatable bonds is 4. The average molecular weight is 268 g/mol. The molecule has 0 aliphatic rings. The fourth-order valence-electron chi connectivity index (χ4n) is 2.37. The largest absolute Gasteiger partial charge is 0.379 e. The maximum absolute atomic E-state index is 11.0. The fourth-order valence-corrected chi connectivity index (χ4v) is 2.37. The Morgan fingerprint density at radius 3 is 2.30 bits per heavy atom. The second-order valence-electron chi connectivity index (χ2n) is 5.17. The maximum atomic E-state index is 11.0. The van der Waals surface area contributed by atoms with Crippen LogP contribution in [0.4, 0.5) is 5.69 Å². The number of nitrogens with two attached hydrogens (primary N) is 1. The number of benzene rings is 2. The van der Waals surface area contributed by atoms with Crippen LogP contribution < -0.4 is 11.1 Å².